The van der Waals surface area contributed by atoms with Gasteiger partial charge in [-0.1, -0.05) is 0 Å². The molecule has 0 spiro atoms. The Morgan fingerprint density at radius 1 is 1.73 bits per heavy atom. The van der Waals surface area contributed by atoms with Crippen LogP contribution in [0.25, 0.3) is 0 Å². The van der Waals surface area contributed by atoms with Crippen molar-refractivity contribution in [2.45, 2.75) is 13.0 Å². The SMILES string of the molecule is CC(N)c1ccc(C(=O)O)s1. The van der Waals surface area contributed by atoms with Crippen LogP contribution < -0.4 is 5.73 Å². The van der Waals surface area contributed by atoms with Crippen LogP contribution in [0.5, 0.6) is 0 Å². The Morgan fingerprint density at radius 2 is 2.36 bits per heavy atom. The van der Waals surface area contributed by atoms with Crippen molar-refractivity contribution >= 4 is 17.3 Å². The molecule has 0 aliphatic rings. The Kier molecular flexibility index (Phi) is 2.26. The lowest BCUT2D eigenvalue weighted by molar-refractivity contribution is 0.0702. The van der Waals surface area contributed by atoms with Gasteiger partial charge >= 0.3 is 5.97 Å². The molecule has 1 heterocycles. The zero-order chi connectivity index (χ0) is 8.43. The number of rotatable bonds is 2. The molecule has 0 fully saturated rings. The number of thiophene rings is 1. The molecule has 0 saturated heterocycles. The molecule has 1 unspecified atom stereocenters. The second kappa shape index (κ2) is 3.02. The van der Waals surface area contributed by atoms with Gasteiger partial charge in [0.05, 0.1) is 0 Å². The summed E-state index contributed by atoms with van der Waals surface area (Å²) in [6.07, 6.45) is 0. The fraction of sp³-hybridized carbons (Fsp3) is 0.286. The molecular weight excluding hydrogens is 162 g/mol. The van der Waals surface area contributed by atoms with Gasteiger partial charge in [-0.15, -0.1) is 11.3 Å². The number of aromatic carboxylic acids is 1. The molecule has 4 heteroatoms. The molecule has 0 aliphatic carbocycles. The summed E-state index contributed by atoms with van der Waals surface area (Å²) in [5, 5.41) is 8.55. The predicted molar refractivity (Wildman–Crippen MR) is 43.9 cm³/mol. The molecule has 0 aromatic carbocycles. The molecule has 1 aromatic rings. The number of hydrogen-bond acceptors (Lipinski definition) is 3. The number of carbonyl (C=O) groups is 1. The van der Waals surface area contributed by atoms with Crippen LogP contribution in [0.4, 0.5) is 0 Å². The van der Waals surface area contributed by atoms with E-state index in [-0.39, 0.29) is 6.04 Å². The highest BCUT2D eigenvalue weighted by molar-refractivity contribution is 7.14. The Bertz CT molecular complexity index is 267. The van der Waals surface area contributed by atoms with Crippen molar-refractivity contribution in [3.05, 3.63) is 21.9 Å². The summed E-state index contributed by atoms with van der Waals surface area (Å²) in [5.74, 6) is -0.887. The lowest BCUT2D eigenvalue weighted by Crippen LogP contribution is -2.01. The zero-order valence-corrected chi connectivity index (χ0v) is 6.89. The van der Waals surface area contributed by atoms with Crippen LogP contribution in [0, 0.1) is 0 Å². The van der Waals surface area contributed by atoms with Crippen molar-refractivity contribution < 1.29 is 9.90 Å². The average molecular weight is 171 g/mol. The summed E-state index contributed by atoms with van der Waals surface area (Å²) in [5.41, 5.74) is 5.54. The molecular formula is C7H9NO2S. The van der Waals surface area contributed by atoms with Crippen LogP contribution in [0.2, 0.25) is 0 Å². The monoisotopic (exact) mass is 171 g/mol. The lowest BCUT2D eigenvalue weighted by Gasteiger charge is -1.97. The summed E-state index contributed by atoms with van der Waals surface area (Å²) in [7, 11) is 0. The van der Waals surface area contributed by atoms with Gasteiger partial charge in [0.25, 0.3) is 0 Å². The molecule has 1 atom stereocenters. The van der Waals surface area contributed by atoms with Crippen LogP contribution in [-0.2, 0) is 0 Å². The van der Waals surface area contributed by atoms with Crippen molar-refractivity contribution in [1.82, 2.24) is 0 Å². The molecule has 0 aliphatic heterocycles. The summed E-state index contributed by atoms with van der Waals surface area (Å²) < 4.78 is 0. The van der Waals surface area contributed by atoms with Crippen molar-refractivity contribution in [1.29, 1.82) is 0 Å². The van der Waals surface area contributed by atoms with Crippen LogP contribution in [0.3, 0.4) is 0 Å². The van der Waals surface area contributed by atoms with Gasteiger partial charge in [-0.2, -0.15) is 0 Å². The Hall–Kier alpha value is -0.870. The van der Waals surface area contributed by atoms with Gasteiger partial charge in [-0.05, 0) is 19.1 Å². The zero-order valence-electron chi connectivity index (χ0n) is 6.07. The Labute approximate surface area is 68.5 Å². The van der Waals surface area contributed by atoms with E-state index in [1.807, 2.05) is 6.92 Å². The summed E-state index contributed by atoms with van der Waals surface area (Å²) in [6.45, 7) is 1.83. The largest absolute Gasteiger partial charge is 0.477 e. The number of nitrogens with two attached hydrogens (primary N) is 1. The molecule has 0 saturated carbocycles. The topological polar surface area (TPSA) is 63.3 Å². The van der Waals surface area contributed by atoms with E-state index in [0.29, 0.717) is 4.88 Å². The second-order valence-electron chi connectivity index (χ2n) is 2.30. The van der Waals surface area contributed by atoms with Crippen LogP contribution >= 0.6 is 11.3 Å². The Balaban J connectivity index is 2.90. The first-order valence-corrected chi connectivity index (χ1v) is 4.01. The third kappa shape index (κ3) is 1.78. The molecule has 3 nitrogen and oxygen atoms in total. The van der Waals surface area contributed by atoms with Crippen molar-refractivity contribution in [2.24, 2.45) is 5.73 Å². The van der Waals surface area contributed by atoms with E-state index in [0.717, 1.165) is 4.88 Å². The fourth-order valence-corrected chi connectivity index (χ4v) is 1.51. The van der Waals surface area contributed by atoms with E-state index in [2.05, 4.69) is 0 Å². The van der Waals surface area contributed by atoms with Crippen molar-refractivity contribution in [3.63, 3.8) is 0 Å². The van der Waals surface area contributed by atoms with Crippen molar-refractivity contribution in [2.75, 3.05) is 0 Å². The predicted octanol–water partition coefficient (Wildman–Crippen LogP) is 1.47. The standard InChI is InChI=1S/C7H9NO2S/c1-4(8)5-2-3-6(11-5)7(9)10/h2-4H,8H2,1H3,(H,9,10). The highest BCUT2D eigenvalue weighted by atomic mass is 32.1. The van der Waals surface area contributed by atoms with Crippen molar-refractivity contribution in [3.8, 4) is 0 Å². The van der Waals surface area contributed by atoms with Crippen LogP contribution in [0.1, 0.15) is 27.5 Å². The summed E-state index contributed by atoms with van der Waals surface area (Å²) >= 11 is 1.22. The van der Waals surface area contributed by atoms with E-state index < -0.39 is 5.97 Å². The minimum absolute atomic E-state index is 0.0758. The maximum Gasteiger partial charge on any atom is 0.345 e. The summed E-state index contributed by atoms with van der Waals surface area (Å²) in [6, 6.07) is 3.25. The molecule has 11 heavy (non-hydrogen) atoms. The smallest absolute Gasteiger partial charge is 0.345 e. The minimum Gasteiger partial charge on any atom is -0.477 e. The van der Waals surface area contributed by atoms with E-state index in [1.165, 1.54) is 11.3 Å². The van der Waals surface area contributed by atoms with E-state index in [1.54, 1.807) is 12.1 Å². The molecule has 0 amide bonds. The Morgan fingerprint density at radius 3 is 2.64 bits per heavy atom. The van der Waals surface area contributed by atoms with Gasteiger partial charge in [-0.3, -0.25) is 0 Å². The number of carboxylic acids is 1. The summed E-state index contributed by atoms with van der Waals surface area (Å²) in [4.78, 5) is 11.7. The molecule has 3 N–H and O–H groups in total. The number of carboxylic acid groups (broad SMARTS) is 1. The van der Waals surface area contributed by atoms with Gasteiger partial charge in [0.15, 0.2) is 0 Å². The van der Waals surface area contributed by atoms with Crippen LogP contribution in [-0.4, -0.2) is 11.1 Å². The minimum atomic E-state index is -0.887. The normalized spacial score (nSPS) is 12.9. The van der Waals surface area contributed by atoms with Crippen LogP contribution in [0.15, 0.2) is 12.1 Å². The highest BCUT2D eigenvalue weighted by Gasteiger charge is 2.08. The molecule has 1 aromatic heterocycles. The van der Waals surface area contributed by atoms with E-state index in [9.17, 15) is 4.79 Å². The number of hydrogen-bond donors (Lipinski definition) is 2. The first-order valence-electron chi connectivity index (χ1n) is 3.20. The quantitative estimate of drug-likeness (QED) is 0.708. The van der Waals surface area contributed by atoms with Gasteiger partial charge < -0.3 is 10.8 Å². The first-order chi connectivity index (χ1) is 5.11. The van der Waals surface area contributed by atoms with Gasteiger partial charge in [-0.25, -0.2) is 4.79 Å². The fourth-order valence-electron chi connectivity index (χ4n) is 0.712. The molecule has 0 bridgehead atoms. The van der Waals surface area contributed by atoms with Gasteiger partial charge in [0, 0.05) is 10.9 Å². The maximum absolute atomic E-state index is 10.4. The second-order valence-corrected chi connectivity index (χ2v) is 3.41. The highest BCUT2D eigenvalue weighted by Crippen LogP contribution is 2.21. The molecule has 0 radical (unpaired) electrons. The average Bonchev–Trinajstić information content (AvgIpc) is 2.33. The van der Waals surface area contributed by atoms with E-state index >= 15 is 0 Å². The van der Waals surface area contributed by atoms with Gasteiger partial charge in [0.2, 0.25) is 0 Å². The first kappa shape index (κ1) is 8.23. The maximum atomic E-state index is 10.4. The third-order valence-electron chi connectivity index (χ3n) is 1.29. The van der Waals surface area contributed by atoms with E-state index in [4.69, 9.17) is 10.8 Å². The molecule has 60 valence electrons. The molecule has 1 rings (SSSR count). The van der Waals surface area contributed by atoms with Gasteiger partial charge in [0.1, 0.15) is 4.88 Å². The lowest BCUT2D eigenvalue weighted by atomic mass is 10.3. The third-order valence-corrected chi connectivity index (χ3v) is 2.56.